The third-order valence-electron chi connectivity index (χ3n) is 6.66. The first-order valence-corrected chi connectivity index (χ1v) is 12.4. The first-order chi connectivity index (χ1) is 16.7. The average molecular weight is 500 g/mol. The van der Waals surface area contributed by atoms with Crippen LogP contribution in [0, 0.1) is 11.8 Å². The van der Waals surface area contributed by atoms with E-state index in [2.05, 4.69) is 11.6 Å². The molecule has 35 heavy (non-hydrogen) atoms. The minimum atomic E-state index is -1.16. The summed E-state index contributed by atoms with van der Waals surface area (Å²) in [6, 6.07) is 3.12. The number of carboxylic acids is 1. The summed E-state index contributed by atoms with van der Waals surface area (Å²) < 4.78 is 5.28. The van der Waals surface area contributed by atoms with Crippen molar-refractivity contribution in [3.63, 3.8) is 0 Å². The molecule has 3 aliphatic heterocycles. The second-order valence-electron chi connectivity index (χ2n) is 8.98. The maximum atomic E-state index is 12.7. The van der Waals surface area contributed by atoms with Gasteiger partial charge in [-0.15, -0.1) is 11.8 Å². The van der Waals surface area contributed by atoms with Crippen LogP contribution in [-0.4, -0.2) is 79.6 Å². The Kier molecular flexibility index (Phi) is 7.32. The monoisotopic (exact) mass is 499 g/mol. The summed E-state index contributed by atoms with van der Waals surface area (Å²) in [5.74, 6) is -2.35. The van der Waals surface area contributed by atoms with E-state index in [0.717, 1.165) is 5.56 Å². The number of pyridine rings is 1. The molecular weight excluding hydrogens is 470 g/mol. The largest absolute Gasteiger partial charge is 0.477 e. The van der Waals surface area contributed by atoms with Gasteiger partial charge in [0.2, 0.25) is 5.91 Å². The summed E-state index contributed by atoms with van der Waals surface area (Å²) in [7, 11) is 0. The van der Waals surface area contributed by atoms with E-state index in [1.54, 1.807) is 24.2 Å². The highest BCUT2D eigenvalue weighted by molar-refractivity contribution is 8.03. The summed E-state index contributed by atoms with van der Waals surface area (Å²) in [6.45, 7) is 7.49. The molecular formula is C25H29N3O6S. The smallest absolute Gasteiger partial charge is 0.410 e. The maximum absolute atomic E-state index is 12.7. The molecule has 4 heterocycles. The van der Waals surface area contributed by atoms with E-state index in [1.807, 2.05) is 31.2 Å². The number of likely N-dealkylation sites (tertiary alicyclic amines) is 1. The Bertz CT molecular complexity index is 1070. The molecule has 0 saturated carbocycles. The lowest BCUT2D eigenvalue weighted by molar-refractivity contribution is -0.163. The fourth-order valence-electron chi connectivity index (χ4n) is 5.07. The summed E-state index contributed by atoms with van der Waals surface area (Å²) in [5, 5.41) is 19.9. The zero-order valence-corrected chi connectivity index (χ0v) is 20.4. The Labute approximate surface area is 208 Å². The summed E-state index contributed by atoms with van der Waals surface area (Å²) in [4.78, 5) is 45.1. The zero-order valence-electron chi connectivity index (χ0n) is 19.6. The topological polar surface area (TPSA) is 120 Å². The molecule has 1 aromatic heterocycles. The van der Waals surface area contributed by atoms with Crippen molar-refractivity contribution in [2.24, 2.45) is 11.8 Å². The molecule has 0 bridgehead atoms. The van der Waals surface area contributed by atoms with Crippen LogP contribution in [0.5, 0.6) is 0 Å². The Morgan fingerprint density at radius 1 is 1.43 bits per heavy atom. The highest BCUT2D eigenvalue weighted by Crippen LogP contribution is 2.52. The second-order valence-corrected chi connectivity index (χ2v) is 10.3. The molecule has 0 aliphatic carbocycles. The van der Waals surface area contributed by atoms with Crippen molar-refractivity contribution >= 4 is 35.8 Å². The standard InChI is InChI=1S/C25H29N3O6S/c1-4-10-34-25(33)27-13-18(11-17(27)8-7-16-6-5-9-26-12-16)35-22-14(2)20-19(15(3)29)23(30)28(20)21(22)24(31)32/h4-9,12,14-15,17-20,29H,1,10-11,13H2,2-3H3,(H,31,32)/t14-,15-,17-,18+,19-,20-/m1/s1. The highest BCUT2D eigenvalue weighted by atomic mass is 32.2. The van der Waals surface area contributed by atoms with Crippen molar-refractivity contribution in [2.45, 2.75) is 43.7 Å². The van der Waals surface area contributed by atoms with Gasteiger partial charge in [-0.2, -0.15) is 0 Å². The lowest BCUT2D eigenvalue weighted by atomic mass is 9.79. The number of aromatic nitrogens is 1. The van der Waals surface area contributed by atoms with Crippen LogP contribution in [0.1, 0.15) is 25.8 Å². The Morgan fingerprint density at radius 3 is 2.83 bits per heavy atom. The molecule has 0 spiro atoms. The molecule has 9 nitrogen and oxygen atoms in total. The molecule has 2 N–H and O–H groups in total. The SMILES string of the molecule is C=CCOC(=O)N1C[C@@H](SC2=C(C(=O)O)N3C(=O)[C@H]([C@@H](C)O)[C@H]3[C@H]2C)C[C@H]1C=Cc1cccnc1. The number of aliphatic hydroxyl groups is 1. The van der Waals surface area contributed by atoms with Crippen LogP contribution in [-0.2, 0) is 14.3 Å². The molecule has 2 fully saturated rings. The molecule has 0 radical (unpaired) electrons. The molecule has 1 aromatic rings. The maximum Gasteiger partial charge on any atom is 0.410 e. The van der Waals surface area contributed by atoms with Crippen LogP contribution >= 0.6 is 11.8 Å². The van der Waals surface area contributed by atoms with E-state index in [-0.39, 0.29) is 41.5 Å². The summed E-state index contributed by atoms with van der Waals surface area (Å²) in [6.07, 6.45) is 8.01. The number of nitrogens with zero attached hydrogens (tertiary/aromatic N) is 3. The number of hydrogen-bond acceptors (Lipinski definition) is 7. The van der Waals surface area contributed by atoms with Gasteiger partial charge in [0.25, 0.3) is 0 Å². The summed E-state index contributed by atoms with van der Waals surface area (Å²) in [5.41, 5.74) is 0.889. The fraction of sp³-hybridized carbons (Fsp3) is 0.440. The molecule has 0 aromatic carbocycles. The average Bonchev–Trinajstić information content (AvgIpc) is 3.34. The molecule has 6 atom stereocenters. The third kappa shape index (κ3) is 4.72. The molecule has 186 valence electrons. The van der Waals surface area contributed by atoms with Gasteiger partial charge in [0.15, 0.2) is 0 Å². The minimum Gasteiger partial charge on any atom is -0.477 e. The van der Waals surface area contributed by atoms with E-state index < -0.39 is 24.1 Å². The van der Waals surface area contributed by atoms with E-state index in [1.165, 1.54) is 22.7 Å². The number of hydrogen-bond donors (Lipinski definition) is 2. The van der Waals surface area contributed by atoms with Crippen LogP contribution < -0.4 is 0 Å². The molecule has 3 aliphatic rings. The Hall–Kier alpha value is -3.11. The second kappa shape index (κ2) is 10.2. The molecule has 2 amide bonds. The Balaban J connectivity index is 1.56. The number of aliphatic hydroxyl groups excluding tert-OH is 1. The van der Waals surface area contributed by atoms with Crippen LogP contribution in [0.3, 0.4) is 0 Å². The number of carboxylic acid groups (broad SMARTS) is 1. The van der Waals surface area contributed by atoms with E-state index >= 15 is 0 Å². The molecule has 4 rings (SSSR count). The predicted molar refractivity (Wildman–Crippen MR) is 131 cm³/mol. The number of rotatable bonds is 8. The number of thioether (sulfide) groups is 1. The Morgan fingerprint density at radius 2 is 2.20 bits per heavy atom. The van der Waals surface area contributed by atoms with Gasteiger partial charge in [-0.25, -0.2) is 9.59 Å². The molecule has 2 saturated heterocycles. The first kappa shape index (κ1) is 25.0. The number of ether oxygens (including phenoxy) is 1. The van der Waals surface area contributed by atoms with Gasteiger partial charge in [0.1, 0.15) is 12.3 Å². The predicted octanol–water partition coefficient (Wildman–Crippen LogP) is 2.75. The quantitative estimate of drug-likeness (QED) is 0.414. The lowest BCUT2D eigenvalue weighted by Crippen LogP contribution is -2.63. The number of aliphatic carboxylic acids is 1. The number of β-lactam (4-membered cyclic amide) rings is 1. The van der Waals surface area contributed by atoms with E-state index in [4.69, 9.17) is 4.74 Å². The minimum absolute atomic E-state index is 0.00969. The molecule has 0 unspecified atom stereocenters. The van der Waals surface area contributed by atoms with Crippen molar-refractivity contribution in [3.05, 3.63) is 59.4 Å². The van der Waals surface area contributed by atoms with Gasteiger partial charge in [-0.3, -0.25) is 9.78 Å². The molecule has 10 heteroatoms. The third-order valence-corrected chi connectivity index (χ3v) is 8.16. The van der Waals surface area contributed by atoms with Gasteiger partial charge in [-0.05, 0) is 25.0 Å². The van der Waals surface area contributed by atoms with Crippen molar-refractivity contribution in [3.8, 4) is 0 Å². The van der Waals surface area contributed by atoms with E-state index in [0.29, 0.717) is 17.9 Å². The van der Waals surface area contributed by atoms with Crippen molar-refractivity contribution < 1.29 is 29.3 Å². The van der Waals surface area contributed by atoms with Gasteiger partial charge in [0, 0.05) is 35.0 Å². The van der Waals surface area contributed by atoms with Crippen LogP contribution in [0.2, 0.25) is 0 Å². The van der Waals surface area contributed by atoms with Gasteiger partial charge < -0.3 is 24.7 Å². The number of amides is 2. The van der Waals surface area contributed by atoms with Crippen LogP contribution in [0.15, 0.2) is 53.9 Å². The first-order valence-electron chi connectivity index (χ1n) is 11.5. The van der Waals surface area contributed by atoms with Crippen molar-refractivity contribution in [2.75, 3.05) is 13.2 Å². The fourth-order valence-corrected chi connectivity index (χ4v) is 6.61. The van der Waals surface area contributed by atoms with Gasteiger partial charge in [0.05, 0.1) is 24.1 Å². The number of carbonyl (C=O) groups is 3. The normalized spacial score (nSPS) is 28.8. The number of fused-ring (bicyclic) bond motifs is 1. The lowest BCUT2D eigenvalue weighted by Gasteiger charge is -2.46. The van der Waals surface area contributed by atoms with Crippen molar-refractivity contribution in [1.29, 1.82) is 0 Å². The van der Waals surface area contributed by atoms with Gasteiger partial charge in [-0.1, -0.05) is 37.8 Å². The van der Waals surface area contributed by atoms with Crippen LogP contribution in [0.25, 0.3) is 6.08 Å². The van der Waals surface area contributed by atoms with Gasteiger partial charge >= 0.3 is 12.1 Å². The van der Waals surface area contributed by atoms with Crippen LogP contribution in [0.4, 0.5) is 4.79 Å². The highest BCUT2D eigenvalue weighted by Gasteiger charge is 2.60. The van der Waals surface area contributed by atoms with Crippen molar-refractivity contribution in [1.82, 2.24) is 14.8 Å². The number of carbonyl (C=O) groups excluding carboxylic acids is 2. The van der Waals surface area contributed by atoms with E-state index in [9.17, 15) is 24.6 Å². The summed E-state index contributed by atoms with van der Waals surface area (Å²) >= 11 is 1.40. The zero-order chi connectivity index (χ0) is 25.3.